The number of para-hydroxylation sites is 1. The van der Waals surface area contributed by atoms with E-state index in [9.17, 15) is 0 Å². The Labute approximate surface area is 108 Å². The van der Waals surface area contributed by atoms with Crippen molar-refractivity contribution in [2.45, 2.75) is 26.7 Å². The van der Waals surface area contributed by atoms with Crippen molar-refractivity contribution in [2.75, 3.05) is 12.4 Å². The summed E-state index contributed by atoms with van der Waals surface area (Å²) in [5.74, 6) is 0.417. The number of rotatable bonds is 3. The molecular formula is C13H21N5. The van der Waals surface area contributed by atoms with Crippen LogP contribution in [0.1, 0.15) is 25.0 Å². The van der Waals surface area contributed by atoms with Crippen LogP contribution < -0.4 is 16.8 Å². The molecule has 0 fully saturated rings. The molecule has 98 valence electrons. The number of nitrogens with zero attached hydrogens (tertiary/aromatic N) is 2. The van der Waals surface area contributed by atoms with Gasteiger partial charge in [0.15, 0.2) is 0 Å². The predicted molar refractivity (Wildman–Crippen MR) is 78.0 cm³/mol. The fourth-order valence-electron chi connectivity index (χ4n) is 1.73. The van der Waals surface area contributed by atoms with Gasteiger partial charge in [-0.05, 0) is 24.0 Å². The molecule has 5 N–H and O–H groups in total. The summed E-state index contributed by atoms with van der Waals surface area (Å²) in [5, 5.41) is 3.11. The second-order valence-corrected chi connectivity index (χ2v) is 3.86. The summed E-state index contributed by atoms with van der Waals surface area (Å²) < 4.78 is 0. The summed E-state index contributed by atoms with van der Waals surface area (Å²) >= 11 is 0. The van der Waals surface area contributed by atoms with Gasteiger partial charge in [-0.2, -0.15) is 4.99 Å². The zero-order chi connectivity index (χ0) is 13.5. The number of hydrogen-bond donors (Lipinski definition) is 3. The van der Waals surface area contributed by atoms with Gasteiger partial charge < -0.3 is 16.8 Å². The maximum absolute atomic E-state index is 5.81. The number of guanidine groups is 2. The maximum atomic E-state index is 5.81. The Morgan fingerprint density at radius 2 is 1.72 bits per heavy atom. The highest BCUT2D eigenvalue weighted by Gasteiger charge is 2.07. The number of benzene rings is 1. The van der Waals surface area contributed by atoms with Gasteiger partial charge in [0, 0.05) is 12.7 Å². The van der Waals surface area contributed by atoms with Gasteiger partial charge in [0.2, 0.25) is 11.9 Å². The van der Waals surface area contributed by atoms with Crippen LogP contribution >= 0.6 is 0 Å². The van der Waals surface area contributed by atoms with Gasteiger partial charge in [0.05, 0.1) is 0 Å². The number of nitrogens with one attached hydrogen (secondary N) is 1. The molecule has 0 heterocycles. The Hall–Kier alpha value is -2.04. The summed E-state index contributed by atoms with van der Waals surface area (Å²) in [6.45, 7) is 4.21. The molecule has 0 aliphatic rings. The van der Waals surface area contributed by atoms with Crippen molar-refractivity contribution in [1.82, 2.24) is 0 Å². The van der Waals surface area contributed by atoms with Gasteiger partial charge in [0.1, 0.15) is 0 Å². The van der Waals surface area contributed by atoms with Crippen molar-refractivity contribution < 1.29 is 0 Å². The first-order chi connectivity index (χ1) is 8.62. The molecule has 0 aliphatic carbocycles. The first-order valence-corrected chi connectivity index (χ1v) is 6.06. The molecule has 5 nitrogen and oxygen atoms in total. The highest BCUT2D eigenvalue weighted by Crippen LogP contribution is 2.22. The van der Waals surface area contributed by atoms with Gasteiger partial charge in [0.25, 0.3) is 0 Å². The molecule has 0 atom stereocenters. The predicted octanol–water partition coefficient (Wildman–Crippen LogP) is 1.48. The summed E-state index contributed by atoms with van der Waals surface area (Å²) in [4.78, 5) is 7.69. The van der Waals surface area contributed by atoms with Crippen LogP contribution in [0.5, 0.6) is 0 Å². The Kier molecular flexibility index (Phi) is 5.17. The quantitative estimate of drug-likeness (QED) is 0.558. The van der Waals surface area contributed by atoms with Crippen LogP contribution in [-0.2, 0) is 12.8 Å². The van der Waals surface area contributed by atoms with Gasteiger partial charge in [-0.3, -0.25) is 4.99 Å². The van der Waals surface area contributed by atoms with E-state index in [2.05, 4.69) is 47.3 Å². The van der Waals surface area contributed by atoms with Gasteiger partial charge in [-0.1, -0.05) is 32.0 Å². The van der Waals surface area contributed by atoms with E-state index in [0.29, 0.717) is 0 Å². The van der Waals surface area contributed by atoms with Crippen LogP contribution in [0.3, 0.4) is 0 Å². The van der Waals surface area contributed by atoms with Crippen molar-refractivity contribution in [3.8, 4) is 0 Å². The van der Waals surface area contributed by atoms with Gasteiger partial charge in [-0.15, -0.1) is 0 Å². The Balaban J connectivity index is 3.06. The number of hydrogen-bond acceptors (Lipinski definition) is 1. The SMILES string of the molecule is CCc1cccc(CC)c1NC(N)=NC(N)=NC. The van der Waals surface area contributed by atoms with Crippen molar-refractivity contribution in [3.63, 3.8) is 0 Å². The number of aliphatic imine (C=N–C) groups is 2. The Morgan fingerprint density at radius 1 is 1.17 bits per heavy atom. The molecule has 18 heavy (non-hydrogen) atoms. The first-order valence-electron chi connectivity index (χ1n) is 6.06. The minimum Gasteiger partial charge on any atom is -0.369 e. The molecule has 0 radical (unpaired) electrons. The molecule has 1 aromatic rings. The van der Waals surface area contributed by atoms with E-state index in [1.54, 1.807) is 7.05 Å². The van der Waals surface area contributed by atoms with E-state index in [1.165, 1.54) is 11.1 Å². The zero-order valence-electron chi connectivity index (χ0n) is 11.2. The standard InChI is InChI=1S/C13H21N5/c1-4-9-7-6-8-10(5-2)11(9)17-13(15)18-12(14)16-3/h6-8H,4-5H2,1-3H3,(H5,14,15,16,17,18). The van der Waals surface area contributed by atoms with E-state index < -0.39 is 0 Å². The molecule has 0 aromatic heterocycles. The van der Waals surface area contributed by atoms with Crippen LogP contribution in [-0.4, -0.2) is 19.0 Å². The second-order valence-electron chi connectivity index (χ2n) is 3.86. The molecule has 0 unspecified atom stereocenters. The van der Waals surface area contributed by atoms with Gasteiger partial charge >= 0.3 is 0 Å². The minimum atomic E-state index is 0.159. The van der Waals surface area contributed by atoms with Crippen LogP contribution in [0.2, 0.25) is 0 Å². The molecule has 5 heteroatoms. The number of anilines is 1. The smallest absolute Gasteiger partial charge is 0.218 e. The molecule has 0 bridgehead atoms. The topological polar surface area (TPSA) is 88.8 Å². The lowest BCUT2D eigenvalue weighted by molar-refractivity contribution is 1.09. The third-order valence-electron chi connectivity index (χ3n) is 2.72. The molecular weight excluding hydrogens is 226 g/mol. The van der Waals surface area contributed by atoms with E-state index >= 15 is 0 Å². The number of nitrogens with two attached hydrogens (primary N) is 2. The molecule has 0 saturated carbocycles. The van der Waals surface area contributed by atoms with E-state index in [1.807, 2.05) is 0 Å². The summed E-state index contributed by atoms with van der Waals surface area (Å²) in [6, 6.07) is 6.20. The third-order valence-corrected chi connectivity index (χ3v) is 2.72. The second kappa shape index (κ2) is 6.64. The van der Waals surface area contributed by atoms with Gasteiger partial charge in [-0.25, -0.2) is 0 Å². The molecule has 1 rings (SSSR count). The van der Waals surface area contributed by atoms with Crippen LogP contribution in [0.15, 0.2) is 28.2 Å². The lowest BCUT2D eigenvalue weighted by atomic mass is 10.0. The fourth-order valence-corrected chi connectivity index (χ4v) is 1.73. The lowest BCUT2D eigenvalue weighted by Gasteiger charge is -2.14. The normalized spacial score (nSPS) is 12.6. The van der Waals surface area contributed by atoms with E-state index in [-0.39, 0.29) is 11.9 Å². The highest BCUT2D eigenvalue weighted by molar-refractivity contribution is 6.01. The van der Waals surface area contributed by atoms with Crippen molar-refractivity contribution in [2.24, 2.45) is 21.5 Å². The van der Waals surface area contributed by atoms with Crippen molar-refractivity contribution in [3.05, 3.63) is 29.3 Å². The average molecular weight is 247 g/mol. The highest BCUT2D eigenvalue weighted by atomic mass is 15.2. The third kappa shape index (κ3) is 3.48. The minimum absolute atomic E-state index is 0.159. The summed E-state index contributed by atoms with van der Waals surface area (Å²) in [7, 11) is 1.57. The monoisotopic (exact) mass is 247 g/mol. The number of aryl methyl sites for hydroxylation is 2. The van der Waals surface area contributed by atoms with E-state index in [4.69, 9.17) is 11.5 Å². The molecule has 0 aliphatic heterocycles. The maximum Gasteiger partial charge on any atom is 0.218 e. The zero-order valence-corrected chi connectivity index (χ0v) is 11.2. The van der Waals surface area contributed by atoms with Crippen LogP contribution in [0.4, 0.5) is 5.69 Å². The Bertz CT molecular complexity index is 440. The van der Waals surface area contributed by atoms with Crippen LogP contribution in [0.25, 0.3) is 0 Å². The molecule has 0 spiro atoms. The lowest BCUT2D eigenvalue weighted by Crippen LogP contribution is -2.27. The van der Waals surface area contributed by atoms with Crippen molar-refractivity contribution >= 4 is 17.6 Å². The average Bonchev–Trinajstić information content (AvgIpc) is 2.38. The summed E-state index contributed by atoms with van der Waals surface area (Å²) in [5.41, 5.74) is 14.8. The molecule has 1 aromatic carbocycles. The molecule has 0 saturated heterocycles. The molecule has 0 amide bonds. The van der Waals surface area contributed by atoms with Crippen molar-refractivity contribution in [1.29, 1.82) is 0 Å². The Morgan fingerprint density at radius 3 is 2.17 bits per heavy atom. The largest absolute Gasteiger partial charge is 0.369 e. The first kappa shape index (κ1) is 14.0. The fraction of sp³-hybridized carbons (Fsp3) is 0.385. The van der Waals surface area contributed by atoms with E-state index in [0.717, 1.165) is 18.5 Å². The van der Waals surface area contributed by atoms with Crippen LogP contribution in [0, 0.1) is 0 Å². The summed E-state index contributed by atoms with van der Waals surface area (Å²) in [6.07, 6.45) is 1.86.